The van der Waals surface area contributed by atoms with Crippen molar-refractivity contribution in [2.24, 2.45) is 0 Å². The van der Waals surface area contributed by atoms with Crippen LogP contribution in [0, 0.1) is 6.92 Å². The lowest BCUT2D eigenvalue weighted by Crippen LogP contribution is -2.36. The smallest absolute Gasteiger partial charge is 0.371 e. The van der Waals surface area contributed by atoms with Crippen molar-refractivity contribution >= 4 is 23.2 Å². The molecule has 0 bridgehead atoms. The quantitative estimate of drug-likeness (QED) is 0.482. The number of halogens is 3. The van der Waals surface area contributed by atoms with Crippen molar-refractivity contribution in [1.82, 2.24) is 15.1 Å². The number of carbonyl (C=O) groups excluding carboxylic acids is 2. The molecule has 0 saturated carbocycles. The second-order valence-electron chi connectivity index (χ2n) is 9.02. The Kier molecular flexibility index (Phi) is 7.32. The summed E-state index contributed by atoms with van der Waals surface area (Å²) >= 11 is 0. The highest BCUT2D eigenvalue weighted by Crippen LogP contribution is 2.34. The van der Waals surface area contributed by atoms with Crippen LogP contribution >= 0.6 is 0 Å². The Morgan fingerprint density at radius 3 is 2.42 bits per heavy atom. The zero-order valence-electron chi connectivity index (χ0n) is 20.1. The number of hydrogen-bond acceptors (Lipinski definition) is 4. The predicted molar refractivity (Wildman–Crippen MR) is 131 cm³/mol. The summed E-state index contributed by atoms with van der Waals surface area (Å²) in [4.78, 5) is 27.5. The van der Waals surface area contributed by atoms with E-state index in [-0.39, 0.29) is 18.0 Å². The molecule has 1 atom stereocenters. The van der Waals surface area contributed by atoms with Gasteiger partial charge < -0.3 is 15.5 Å². The number of rotatable bonds is 7. The molecular weight excluding hydrogens is 471 g/mol. The number of nitrogens with zero attached hydrogens (tertiary/aromatic N) is 3. The first-order chi connectivity index (χ1) is 17.1. The van der Waals surface area contributed by atoms with Gasteiger partial charge in [0, 0.05) is 36.9 Å². The number of amides is 2. The van der Waals surface area contributed by atoms with Crippen molar-refractivity contribution in [3.63, 3.8) is 0 Å². The van der Waals surface area contributed by atoms with E-state index in [1.165, 1.54) is 12.1 Å². The number of carbonyl (C=O) groups is 2. The van der Waals surface area contributed by atoms with Crippen LogP contribution in [0.25, 0.3) is 5.69 Å². The zero-order chi connectivity index (χ0) is 25.9. The molecule has 1 fully saturated rings. The molecule has 3 aromatic rings. The zero-order valence-corrected chi connectivity index (χ0v) is 20.1. The molecule has 2 aromatic carbocycles. The molecule has 36 heavy (non-hydrogen) atoms. The van der Waals surface area contributed by atoms with Gasteiger partial charge in [-0.2, -0.15) is 18.3 Å². The van der Waals surface area contributed by atoms with Crippen LogP contribution in [-0.4, -0.2) is 40.7 Å². The normalized spacial score (nSPS) is 14.5. The standard InChI is InChI=1S/C26H28F3N5O2/c1-17-8-10-20(11-9-17)34-24(26(27,28)29)22(16-30-34)25(36)31-18(2)14-23(35)32-19-6-5-7-21(15-19)33-12-3-4-13-33/h5-11,15-16,18H,3-4,12-14H2,1-2H3,(H,31,36)(H,32,35). The van der Waals surface area contributed by atoms with Crippen molar-refractivity contribution in [2.75, 3.05) is 23.3 Å². The third-order valence-corrected chi connectivity index (χ3v) is 6.03. The number of anilines is 2. The SMILES string of the molecule is Cc1ccc(-n2ncc(C(=O)NC(C)CC(=O)Nc3cccc(N4CCCC4)c3)c2C(F)(F)F)cc1. The molecule has 190 valence electrons. The van der Waals surface area contributed by atoms with Crippen molar-refractivity contribution in [2.45, 2.75) is 45.3 Å². The average Bonchev–Trinajstić information content (AvgIpc) is 3.50. The molecule has 4 rings (SSSR count). The van der Waals surface area contributed by atoms with Crippen molar-refractivity contribution in [3.05, 3.63) is 71.5 Å². The number of hydrogen-bond donors (Lipinski definition) is 2. The van der Waals surface area contributed by atoms with Gasteiger partial charge in [0.1, 0.15) is 0 Å². The minimum Gasteiger partial charge on any atom is -0.371 e. The topological polar surface area (TPSA) is 79.3 Å². The highest BCUT2D eigenvalue weighted by atomic mass is 19.4. The third kappa shape index (κ3) is 5.87. The molecule has 1 aliphatic heterocycles. The molecule has 0 spiro atoms. The second-order valence-corrected chi connectivity index (χ2v) is 9.02. The summed E-state index contributed by atoms with van der Waals surface area (Å²) in [6.45, 7) is 5.33. The van der Waals surface area contributed by atoms with Crippen LogP contribution in [0.2, 0.25) is 0 Å². The highest BCUT2D eigenvalue weighted by Gasteiger charge is 2.40. The van der Waals surface area contributed by atoms with Crippen LogP contribution in [0.15, 0.2) is 54.7 Å². The van der Waals surface area contributed by atoms with Crippen LogP contribution in [0.3, 0.4) is 0 Å². The van der Waals surface area contributed by atoms with E-state index in [0.717, 1.165) is 43.4 Å². The van der Waals surface area contributed by atoms with Crippen LogP contribution < -0.4 is 15.5 Å². The Bertz CT molecular complexity index is 1230. The molecular formula is C26H28F3N5O2. The Labute approximate surface area is 207 Å². The Hall–Kier alpha value is -3.82. The van der Waals surface area contributed by atoms with Gasteiger partial charge in [0.15, 0.2) is 5.69 Å². The molecule has 1 aliphatic rings. The fourth-order valence-electron chi connectivity index (χ4n) is 4.27. The van der Waals surface area contributed by atoms with Gasteiger partial charge in [0.05, 0.1) is 17.4 Å². The van der Waals surface area contributed by atoms with E-state index < -0.39 is 29.4 Å². The van der Waals surface area contributed by atoms with Gasteiger partial charge in [-0.15, -0.1) is 0 Å². The first-order valence-electron chi connectivity index (χ1n) is 11.8. The second kappa shape index (κ2) is 10.4. The minimum absolute atomic E-state index is 0.104. The number of aryl methyl sites for hydroxylation is 1. The van der Waals surface area contributed by atoms with E-state index >= 15 is 0 Å². The molecule has 0 radical (unpaired) electrons. The summed E-state index contributed by atoms with van der Waals surface area (Å²) in [5.41, 5.74) is 0.953. The summed E-state index contributed by atoms with van der Waals surface area (Å²) in [6.07, 6.45) is -1.75. The summed E-state index contributed by atoms with van der Waals surface area (Å²) in [5.74, 6) is -1.30. The van der Waals surface area contributed by atoms with E-state index in [2.05, 4.69) is 20.6 Å². The summed E-state index contributed by atoms with van der Waals surface area (Å²) < 4.78 is 42.4. The number of nitrogens with one attached hydrogen (secondary N) is 2. The van der Waals surface area contributed by atoms with Crippen molar-refractivity contribution in [1.29, 1.82) is 0 Å². The van der Waals surface area contributed by atoms with Crippen LogP contribution in [0.1, 0.15) is 47.8 Å². The molecule has 1 saturated heterocycles. The lowest BCUT2D eigenvalue weighted by Gasteiger charge is -2.19. The summed E-state index contributed by atoms with van der Waals surface area (Å²) in [7, 11) is 0. The maximum absolute atomic E-state index is 13.9. The Morgan fingerprint density at radius 2 is 1.75 bits per heavy atom. The van der Waals surface area contributed by atoms with E-state index in [1.54, 1.807) is 25.1 Å². The number of alkyl halides is 3. The molecule has 0 aliphatic carbocycles. The molecule has 1 aromatic heterocycles. The molecule has 7 nitrogen and oxygen atoms in total. The molecule has 2 N–H and O–H groups in total. The summed E-state index contributed by atoms with van der Waals surface area (Å²) in [5, 5.41) is 9.12. The molecule has 2 amide bonds. The maximum atomic E-state index is 13.9. The molecule has 1 unspecified atom stereocenters. The third-order valence-electron chi connectivity index (χ3n) is 6.03. The number of benzene rings is 2. The van der Waals surface area contributed by atoms with Crippen LogP contribution in [-0.2, 0) is 11.0 Å². The maximum Gasteiger partial charge on any atom is 0.434 e. The Balaban J connectivity index is 1.42. The van der Waals surface area contributed by atoms with E-state index in [1.807, 2.05) is 25.1 Å². The van der Waals surface area contributed by atoms with Gasteiger partial charge in [-0.05, 0) is 57.0 Å². The highest BCUT2D eigenvalue weighted by molar-refractivity contribution is 5.96. The lowest BCUT2D eigenvalue weighted by molar-refractivity contribution is -0.143. The molecule has 2 heterocycles. The van der Waals surface area contributed by atoms with E-state index in [9.17, 15) is 22.8 Å². The van der Waals surface area contributed by atoms with Gasteiger partial charge in [0.25, 0.3) is 5.91 Å². The van der Waals surface area contributed by atoms with Gasteiger partial charge in [-0.25, -0.2) is 4.68 Å². The fourth-order valence-corrected chi connectivity index (χ4v) is 4.27. The van der Waals surface area contributed by atoms with Gasteiger partial charge in [-0.1, -0.05) is 23.8 Å². The van der Waals surface area contributed by atoms with Crippen molar-refractivity contribution in [3.8, 4) is 5.69 Å². The van der Waals surface area contributed by atoms with Gasteiger partial charge >= 0.3 is 6.18 Å². The average molecular weight is 500 g/mol. The monoisotopic (exact) mass is 499 g/mol. The Morgan fingerprint density at radius 1 is 1.06 bits per heavy atom. The first kappa shape index (κ1) is 25.3. The largest absolute Gasteiger partial charge is 0.434 e. The van der Waals surface area contributed by atoms with Crippen LogP contribution in [0.4, 0.5) is 24.5 Å². The van der Waals surface area contributed by atoms with E-state index in [4.69, 9.17) is 0 Å². The first-order valence-corrected chi connectivity index (χ1v) is 11.8. The van der Waals surface area contributed by atoms with Crippen molar-refractivity contribution < 1.29 is 22.8 Å². The molecule has 10 heteroatoms. The van der Waals surface area contributed by atoms with E-state index in [0.29, 0.717) is 10.4 Å². The minimum atomic E-state index is -4.81. The predicted octanol–water partition coefficient (Wildman–Crippen LogP) is 4.95. The summed E-state index contributed by atoms with van der Waals surface area (Å²) in [6, 6.07) is 13.1. The fraction of sp³-hybridized carbons (Fsp3) is 0.346. The van der Waals surface area contributed by atoms with Gasteiger partial charge in [-0.3, -0.25) is 9.59 Å². The lowest BCUT2D eigenvalue weighted by atomic mass is 10.1. The van der Waals surface area contributed by atoms with Crippen LogP contribution in [0.5, 0.6) is 0 Å². The van der Waals surface area contributed by atoms with Gasteiger partial charge in [0.2, 0.25) is 5.91 Å². The number of aromatic nitrogens is 2.